The molecule has 0 atom stereocenters. The molecule has 1 heterocycles. The third-order valence-corrected chi connectivity index (χ3v) is 3.26. The van der Waals surface area contributed by atoms with Gasteiger partial charge in [0.2, 0.25) is 0 Å². The number of ether oxygens (including phenoxy) is 1. The average Bonchev–Trinajstić information content (AvgIpc) is 2.73. The molecule has 2 aromatic rings. The molecule has 0 spiro atoms. The molecule has 5 heteroatoms. The number of carbonyl (C=O) groups excluding carboxylic acids is 1. The van der Waals surface area contributed by atoms with Crippen LogP contribution in [0.3, 0.4) is 0 Å². The molecule has 0 unspecified atom stereocenters. The van der Waals surface area contributed by atoms with Gasteiger partial charge in [0.15, 0.2) is 0 Å². The highest BCUT2D eigenvalue weighted by Crippen LogP contribution is 2.11. The molecule has 0 aliphatic heterocycles. The summed E-state index contributed by atoms with van der Waals surface area (Å²) in [7, 11) is 0. The standard InChI is InChI=1S/C13H14N2O2S/c1-9-8-18-12(15-9)7-17-13(16)6-10-3-2-4-11(14)5-10/h2-5,8H,6-7,14H2,1H3. The molecule has 4 nitrogen and oxygen atoms in total. The number of nitrogen functional groups attached to an aromatic ring is 1. The van der Waals surface area contributed by atoms with Crippen molar-refractivity contribution in [2.45, 2.75) is 20.0 Å². The molecule has 0 amide bonds. The van der Waals surface area contributed by atoms with Gasteiger partial charge in [0, 0.05) is 16.8 Å². The number of hydrogen-bond acceptors (Lipinski definition) is 5. The quantitative estimate of drug-likeness (QED) is 0.678. The number of anilines is 1. The Morgan fingerprint density at radius 1 is 1.50 bits per heavy atom. The Hall–Kier alpha value is -1.88. The van der Waals surface area contributed by atoms with Crippen molar-refractivity contribution in [1.82, 2.24) is 4.98 Å². The van der Waals surface area contributed by atoms with E-state index in [2.05, 4.69) is 4.98 Å². The smallest absolute Gasteiger partial charge is 0.310 e. The van der Waals surface area contributed by atoms with E-state index in [-0.39, 0.29) is 19.0 Å². The van der Waals surface area contributed by atoms with Gasteiger partial charge in [-0.15, -0.1) is 11.3 Å². The molecular weight excluding hydrogens is 248 g/mol. The number of aromatic nitrogens is 1. The van der Waals surface area contributed by atoms with Crippen LogP contribution in [0.1, 0.15) is 16.3 Å². The van der Waals surface area contributed by atoms with Crippen molar-refractivity contribution in [2.75, 3.05) is 5.73 Å². The molecule has 0 aliphatic rings. The summed E-state index contributed by atoms with van der Waals surface area (Å²) >= 11 is 1.49. The molecule has 0 saturated heterocycles. The molecular formula is C13H14N2O2S. The lowest BCUT2D eigenvalue weighted by atomic mass is 10.1. The summed E-state index contributed by atoms with van der Waals surface area (Å²) in [6.45, 7) is 2.15. The van der Waals surface area contributed by atoms with Crippen LogP contribution in [-0.4, -0.2) is 11.0 Å². The Morgan fingerprint density at radius 3 is 3.00 bits per heavy atom. The Balaban J connectivity index is 1.85. The number of aryl methyl sites for hydroxylation is 1. The molecule has 0 aliphatic carbocycles. The van der Waals surface area contributed by atoms with Crippen molar-refractivity contribution in [3.63, 3.8) is 0 Å². The molecule has 1 aromatic heterocycles. The lowest BCUT2D eigenvalue weighted by Crippen LogP contribution is -2.08. The Morgan fingerprint density at radius 2 is 2.33 bits per heavy atom. The molecule has 0 bridgehead atoms. The summed E-state index contributed by atoms with van der Waals surface area (Å²) < 4.78 is 5.15. The average molecular weight is 262 g/mol. The van der Waals surface area contributed by atoms with Crippen molar-refractivity contribution < 1.29 is 9.53 Å². The minimum absolute atomic E-state index is 0.232. The van der Waals surface area contributed by atoms with E-state index in [0.29, 0.717) is 5.69 Å². The first kappa shape index (κ1) is 12.6. The molecule has 1 aromatic carbocycles. The first-order valence-corrected chi connectivity index (χ1v) is 6.42. The fourth-order valence-electron chi connectivity index (χ4n) is 1.53. The molecule has 18 heavy (non-hydrogen) atoms. The Kier molecular flexibility index (Phi) is 3.94. The lowest BCUT2D eigenvalue weighted by Gasteiger charge is -2.03. The predicted octanol–water partition coefficient (Wildman–Crippen LogP) is 2.32. The largest absolute Gasteiger partial charge is 0.458 e. The van der Waals surface area contributed by atoms with Crippen LogP contribution in [0.15, 0.2) is 29.6 Å². The molecule has 94 valence electrons. The van der Waals surface area contributed by atoms with E-state index >= 15 is 0 Å². The number of nitrogens with zero attached hydrogens (tertiary/aromatic N) is 1. The summed E-state index contributed by atoms with van der Waals surface area (Å²) in [5, 5.41) is 2.74. The van der Waals surface area contributed by atoms with Gasteiger partial charge >= 0.3 is 5.97 Å². The van der Waals surface area contributed by atoms with Gasteiger partial charge in [0.05, 0.1) is 6.42 Å². The second-order valence-electron chi connectivity index (χ2n) is 3.97. The maximum absolute atomic E-state index is 11.6. The SMILES string of the molecule is Cc1csc(COC(=O)Cc2cccc(N)c2)n1. The predicted molar refractivity (Wildman–Crippen MR) is 71.2 cm³/mol. The van der Waals surface area contributed by atoms with E-state index in [0.717, 1.165) is 16.3 Å². The van der Waals surface area contributed by atoms with Gasteiger partial charge in [-0.1, -0.05) is 12.1 Å². The fourth-order valence-corrected chi connectivity index (χ4v) is 2.21. The number of carbonyl (C=O) groups is 1. The van der Waals surface area contributed by atoms with E-state index in [1.54, 1.807) is 12.1 Å². The number of thiazole rings is 1. The zero-order valence-electron chi connectivity index (χ0n) is 10.1. The normalized spacial score (nSPS) is 10.3. The van der Waals surface area contributed by atoms with Crippen LogP contribution in [0.4, 0.5) is 5.69 Å². The third-order valence-electron chi connectivity index (χ3n) is 2.32. The number of hydrogen-bond donors (Lipinski definition) is 1. The minimum Gasteiger partial charge on any atom is -0.458 e. The highest BCUT2D eigenvalue weighted by atomic mass is 32.1. The van der Waals surface area contributed by atoms with Crippen LogP contribution in [0.25, 0.3) is 0 Å². The molecule has 0 radical (unpaired) electrons. The van der Waals surface area contributed by atoms with E-state index in [4.69, 9.17) is 10.5 Å². The van der Waals surface area contributed by atoms with Crippen LogP contribution in [0.2, 0.25) is 0 Å². The summed E-state index contributed by atoms with van der Waals surface area (Å²) in [6.07, 6.45) is 0.232. The summed E-state index contributed by atoms with van der Waals surface area (Å²) in [5.41, 5.74) is 8.09. The second-order valence-corrected chi connectivity index (χ2v) is 4.91. The molecule has 0 fully saturated rings. The minimum atomic E-state index is -0.270. The number of nitrogens with two attached hydrogens (primary N) is 1. The van der Waals surface area contributed by atoms with Gasteiger partial charge in [-0.05, 0) is 24.6 Å². The van der Waals surface area contributed by atoms with Crippen molar-refractivity contribution in [3.05, 3.63) is 45.9 Å². The van der Waals surface area contributed by atoms with Gasteiger partial charge in [-0.25, -0.2) is 4.98 Å². The first-order chi connectivity index (χ1) is 8.63. The van der Waals surface area contributed by atoms with Crippen LogP contribution in [0.5, 0.6) is 0 Å². The van der Waals surface area contributed by atoms with E-state index in [9.17, 15) is 4.79 Å². The summed E-state index contributed by atoms with van der Waals surface area (Å²) in [6, 6.07) is 7.23. The van der Waals surface area contributed by atoms with Crippen molar-refractivity contribution in [1.29, 1.82) is 0 Å². The van der Waals surface area contributed by atoms with Crippen LogP contribution < -0.4 is 5.73 Å². The Bertz CT molecular complexity index is 551. The maximum Gasteiger partial charge on any atom is 0.310 e. The van der Waals surface area contributed by atoms with E-state index < -0.39 is 0 Å². The van der Waals surface area contributed by atoms with Gasteiger partial charge in [0.25, 0.3) is 0 Å². The zero-order chi connectivity index (χ0) is 13.0. The second kappa shape index (κ2) is 5.64. The summed E-state index contributed by atoms with van der Waals surface area (Å²) in [5.74, 6) is -0.270. The van der Waals surface area contributed by atoms with Crippen LogP contribution >= 0.6 is 11.3 Å². The van der Waals surface area contributed by atoms with Gasteiger partial charge in [0.1, 0.15) is 11.6 Å². The van der Waals surface area contributed by atoms with Crippen LogP contribution in [-0.2, 0) is 22.6 Å². The molecule has 2 N–H and O–H groups in total. The highest BCUT2D eigenvalue weighted by Gasteiger charge is 2.07. The lowest BCUT2D eigenvalue weighted by molar-refractivity contribution is -0.144. The van der Waals surface area contributed by atoms with E-state index in [1.807, 2.05) is 24.4 Å². The zero-order valence-corrected chi connectivity index (χ0v) is 10.9. The maximum atomic E-state index is 11.6. The van der Waals surface area contributed by atoms with Gasteiger partial charge in [-0.3, -0.25) is 4.79 Å². The molecule has 2 rings (SSSR count). The van der Waals surface area contributed by atoms with Gasteiger partial charge < -0.3 is 10.5 Å². The van der Waals surface area contributed by atoms with Gasteiger partial charge in [-0.2, -0.15) is 0 Å². The van der Waals surface area contributed by atoms with E-state index in [1.165, 1.54) is 11.3 Å². The van der Waals surface area contributed by atoms with Crippen molar-refractivity contribution in [3.8, 4) is 0 Å². The number of esters is 1. The topological polar surface area (TPSA) is 65.2 Å². The highest BCUT2D eigenvalue weighted by molar-refractivity contribution is 7.09. The monoisotopic (exact) mass is 262 g/mol. The third kappa shape index (κ3) is 3.56. The van der Waals surface area contributed by atoms with Crippen molar-refractivity contribution in [2.24, 2.45) is 0 Å². The first-order valence-electron chi connectivity index (χ1n) is 5.54. The summed E-state index contributed by atoms with van der Waals surface area (Å²) in [4.78, 5) is 15.8. The number of rotatable bonds is 4. The Labute approximate surface area is 109 Å². The van der Waals surface area contributed by atoms with Crippen molar-refractivity contribution >= 4 is 23.0 Å². The number of benzene rings is 1. The van der Waals surface area contributed by atoms with Crippen LogP contribution in [0, 0.1) is 6.92 Å². The fraction of sp³-hybridized carbons (Fsp3) is 0.231. The molecule has 0 saturated carbocycles.